The molecule has 0 fully saturated rings. The molecule has 0 radical (unpaired) electrons. The molecule has 0 saturated carbocycles. The monoisotopic (exact) mass is 520 g/mol. The van der Waals surface area contributed by atoms with Gasteiger partial charge in [0.15, 0.2) is 6.61 Å². The van der Waals surface area contributed by atoms with Gasteiger partial charge in [-0.3, -0.25) is 4.79 Å². The third kappa shape index (κ3) is 4.43. The minimum atomic E-state index is -4.06. The highest BCUT2D eigenvalue weighted by Gasteiger charge is 2.25. The van der Waals surface area contributed by atoms with E-state index in [1.165, 1.54) is 24.4 Å². The van der Waals surface area contributed by atoms with Gasteiger partial charge >= 0.3 is 0 Å². The van der Waals surface area contributed by atoms with E-state index in [1.54, 1.807) is 48.5 Å². The predicted molar refractivity (Wildman–Crippen MR) is 135 cm³/mol. The van der Waals surface area contributed by atoms with E-state index >= 15 is 0 Å². The number of fused-ring (bicyclic) bond motifs is 2. The van der Waals surface area contributed by atoms with Crippen molar-refractivity contribution in [1.82, 2.24) is 9.71 Å². The summed E-state index contributed by atoms with van der Waals surface area (Å²) in [6.45, 7) is -0.633. The van der Waals surface area contributed by atoms with Crippen molar-refractivity contribution in [1.29, 1.82) is 0 Å². The van der Waals surface area contributed by atoms with Crippen LogP contribution in [0, 0.1) is 0 Å². The number of carbonyl (C=O) groups excluding carboxylic acids is 1. The van der Waals surface area contributed by atoms with Crippen LogP contribution in [-0.2, 0) is 24.7 Å². The van der Waals surface area contributed by atoms with Crippen LogP contribution in [-0.4, -0.2) is 34.3 Å². The minimum Gasteiger partial charge on any atom is -0.483 e. The smallest absolute Gasteiger partial charge is 0.271 e. The Kier molecular flexibility index (Phi) is 5.99. The Bertz CT molecular complexity index is 1810. The SMILES string of the molecule is O=C(COc1cccc2[nH]cc(S(=O)(=O)c3ccc4ccccc4c3)c12)NS(=O)(=O)c1ccccc1. The topological polar surface area (TPSA) is 122 Å². The number of rotatable bonds is 7. The molecule has 0 atom stereocenters. The van der Waals surface area contributed by atoms with Crippen LogP contribution in [0.5, 0.6) is 5.75 Å². The lowest BCUT2D eigenvalue weighted by molar-refractivity contribution is -0.121. The molecule has 5 rings (SSSR count). The fourth-order valence-electron chi connectivity index (χ4n) is 3.90. The standard InChI is InChI=1S/C26H20N2O6S2/c29-25(28-36(32,33)20-9-2-1-3-10-20)17-34-23-12-6-11-22-26(23)24(16-27-22)35(30,31)21-14-13-18-7-4-5-8-19(18)15-21/h1-16,27H,17H2,(H,28,29). The Morgan fingerprint density at radius 1 is 0.778 bits per heavy atom. The Labute approximate surface area is 207 Å². The van der Waals surface area contributed by atoms with Gasteiger partial charge in [0.1, 0.15) is 10.6 Å². The zero-order valence-electron chi connectivity index (χ0n) is 18.7. The number of carbonyl (C=O) groups is 1. The van der Waals surface area contributed by atoms with Gasteiger partial charge in [-0.05, 0) is 47.2 Å². The Morgan fingerprint density at radius 2 is 1.50 bits per heavy atom. The normalized spacial score (nSPS) is 12.0. The summed E-state index contributed by atoms with van der Waals surface area (Å²) in [5.41, 5.74) is 0.490. The number of nitrogens with one attached hydrogen (secondary N) is 2. The minimum absolute atomic E-state index is 0.0132. The van der Waals surface area contributed by atoms with E-state index in [2.05, 4.69) is 4.98 Å². The van der Waals surface area contributed by atoms with Crippen molar-refractivity contribution in [3.05, 3.63) is 97.2 Å². The summed E-state index contributed by atoms with van der Waals surface area (Å²) >= 11 is 0. The lowest BCUT2D eigenvalue weighted by atomic mass is 10.1. The van der Waals surface area contributed by atoms with E-state index in [0.29, 0.717) is 5.52 Å². The molecule has 8 nitrogen and oxygen atoms in total. The number of sulfone groups is 1. The zero-order valence-corrected chi connectivity index (χ0v) is 20.3. The predicted octanol–water partition coefficient (Wildman–Crippen LogP) is 4.04. The molecule has 10 heteroatoms. The maximum absolute atomic E-state index is 13.6. The summed E-state index contributed by atoms with van der Waals surface area (Å²) in [5.74, 6) is -0.772. The highest BCUT2D eigenvalue weighted by molar-refractivity contribution is 7.91. The number of aromatic nitrogens is 1. The highest BCUT2D eigenvalue weighted by atomic mass is 32.2. The van der Waals surface area contributed by atoms with E-state index in [9.17, 15) is 21.6 Å². The summed E-state index contributed by atoms with van der Waals surface area (Å²) in [5, 5.41) is 1.96. The molecule has 0 aliphatic carbocycles. The molecule has 1 heterocycles. The maximum atomic E-state index is 13.6. The Hall–Kier alpha value is -4.15. The molecule has 0 spiro atoms. The molecule has 0 saturated heterocycles. The molecule has 36 heavy (non-hydrogen) atoms. The number of aromatic amines is 1. The number of hydrogen-bond acceptors (Lipinski definition) is 6. The molecule has 0 aliphatic rings. The van der Waals surface area contributed by atoms with Crippen LogP contribution in [0.4, 0.5) is 0 Å². The average Bonchev–Trinajstić information content (AvgIpc) is 3.33. The van der Waals surface area contributed by atoms with Crippen LogP contribution >= 0.6 is 0 Å². The van der Waals surface area contributed by atoms with Crippen molar-refractivity contribution < 1.29 is 26.4 Å². The van der Waals surface area contributed by atoms with Crippen molar-refractivity contribution in [2.24, 2.45) is 0 Å². The Morgan fingerprint density at radius 3 is 2.28 bits per heavy atom. The second-order valence-corrected chi connectivity index (χ2v) is 11.6. The van der Waals surface area contributed by atoms with Gasteiger partial charge in [-0.1, -0.05) is 54.6 Å². The van der Waals surface area contributed by atoms with E-state index in [4.69, 9.17) is 4.74 Å². The lowest BCUT2D eigenvalue weighted by Gasteiger charge is -2.11. The van der Waals surface area contributed by atoms with E-state index in [-0.39, 0.29) is 25.8 Å². The van der Waals surface area contributed by atoms with Crippen LogP contribution in [0.3, 0.4) is 0 Å². The molecule has 0 unspecified atom stereocenters. The first-order valence-electron chi connectivity index (χ1n) is 10.8. The van der Waals surface area contributed by atoms with Gasteiger partial charge < -0.3 is 9.72 Å². The van der Waals surface area contributed by atoms with Crippen LogP contribution in [0.25, 0.3) is 21.7 Å². The second kappa shape index (κ2) is 9.14. The van der Waals surface area contributed by atoms with Gasteiger partial charge in [0, 0.05) is 6.20 Å². The maximum Gasteiger partial charge on any atom is 0.271 e. The van der Waals surface area contributed by atoms with Gasteiger partial charge in [0.2, 0.25) is 9.84 Å². The zero-order chi connectivity index (χ0) is 25.3. The summed E-state index contributed by atoms with van der Waals surface area (Å²) < 4.78 is 59.4. The van der Waals surface area contributed by atoms with Crippen molar-refractivity contribution in [3.8, 4) is 5.75 Å². The number of amides is 1. The van der Waals surface area contributed by atoms with E-state index in [0.717, 1.165) is 10.8 Å². The fourth-order valence-corrected chi connectivity index (χ4v) is 6.36. The molecule has 1 amide bonds. The van der Waals surface area contributed by atoms with Crippen molar-refractivity contribution in [2.75, 3.05) is 6.61 Å². The number of H-pyrrole nitrogens is 1. The summed E-state index contributed by atoms with van der Waals surface area (Å²) in [6.07, 6.45) is 1.38. The van der Waals surface area contributed by atoms with Crippen LogP contribution in [0.15, 0.2) is 112 Å². The first-order chi connectivity index (χ1) is 17.3. The number of sulfonamides is 1. The van der Waals surface area contributed by atoms with Crippen LogP contribution in [0.1, 0.15) is 0 Å². The largest absolute Gasteiger partial charge is 0.483 e. The Balaban J connectivity index is 1.44. The number of hydrogen-bond donors (Lipinski definition) is 2. The molecule has 1 aromatic heterocycles. The molecule has 0 aliphatic heterocycles. The summed E-state index contributed by atoms with van der Waals surface area (Å²) in [4.78, 5) is 15.3. The third-order valence-electron chi connectivity index (χ3n) is 5.61. The quantitative estimate of drug-likeness (QED) is 0.334. The van der Waals surface area contributed by atoms with Gasteiger partial charge in [0.25, 0.3) is 15.9 Å². The summed E-state index contributed by atoms with van der Waals surface area (Å²) in [6, 6.07) is 24.6. The van der Waals surface area contributed by atoms with Crippen LogP contribution < -0.4 is 9.46 Å². The van der Waals surface area contributed by atoms with Gasteiger partial charge in [-0.15, -0.1) is 0 Å². The second-order valence-electron chi connectivity index (χ2n) is 7.97. The molecular formula is C26H20N2O6S2. The average molecular weight is 521 g/mol. The molecule has 5 aromatic rings. The van der Waals surface area contributed by atoms with Crippen molar-refractivity contribution in [3.63, 3.8) is 0 Å². The molecule has 2 N–H and O–H groups in total. The van der Waals surface area contributed by atoms with Gasteiger partial charge in [-0.2, -0.15) is 0 Å². The van der Waals surface area contributed by atoms with Crippen LogP contribution in [0.2, 0.25) is 0 Å². The first kappa shape index (κ1) is 23.6. The van der Waals surface area contributed by atoms with E-state index < -0.39 is 32.4 Å². The molecular weight excluding hydrogens is 500 g/mol. The summed E-state index contributed by atoms with van der Waals surface area (Å²) in [7, 11) is -8.01. The van der Waals surface area contributed by atoms with Gasteiger partial charge in [-0.25, -0.2) is 21.6 Å². The fraction of sp³-hybridized carbons (Fsp3) is 0.0385. The molecule has 0 bridgehead atoms. The number of benzene rings is 4. The lowest BCUT2D eigenvalue weighted by Crippen LogP contribution is -2.34. The third-order valence-corrected chi connectivity index (χ3v) is 8.78. The van der Waals surface area contributed by atoms with E-state index in [1.807, 2.05) is 29.0 Å². The van der Waals surface area contributed by atoms with Crippen molar-refractivity contribution >= 4 is 47.4 Å². The number of ether oxygens (including phenoxy) is 1. The molecule has 4 aromatic carbocycles. The first-order valence-corrected chi connectivity index (χ1v) is 13.8. The molecule has 182 valence electrons. The van der Waals surface area contributed by atoms with Crippen molar-refractivity contribution in [2.45, 2.75) is 14.7 Å². The van der Waals surface area contributed by atoms with Gasteiger partial charge in [0.05, 0.1) is 20.7 Å². The highest BCUT2D eigenvalue weighted by Crippen LogP contribution is 2.35.